The Morgan fingerprint density at radius 2 is 2.24 bits per heavy atom. The molecule has 0 aromatic carbocycles. The minimum atomic E-state index is -1.08. The van der Waals surface area contributed by atoms with Crippen LogP contribution in [0.4, 0.5) is 0 Å². The van der Waals surface area contributed by atoms with Crippen molar-refractivity contribution in [1.29, 1.82) is 0 Å². The Kier molecular flexibility index (Phi) is 4.42. The molecular weight excluding hydrogens is 274 g/mol. The maximum Gasteiger partial charge on any atom is 0.341 e. The van der Waals surface area contributed by atoms with Gasteiger partial charge in [-0.1, -0.05) is 0 Å². The highest BCUT2D eigenvalue weighted by molar-refractivity contribution is 5.98. The molecule has 7 heteroatoms. The average Bonchev–Trinajstić information content (AvgIpc) is 2.72. The summed E-state index contributed by atoms with van der Waals surface area (Å²) in [6.07, 6.45) is 1.03. The molecule has 0 saturated heterocycles. The number of aromatic nitrogens is 3. The van der Waals surface area contributed by atoms with Gasteiger partial charge in [0.1, 0.15) is 17.4 Å². The molecule has 7 nitrogen and oxygen atoms in total. The molecule has 0 bridgehead atoms. The third kappa shape index (κ3) is 2.97. The largest absolute Gasteiger partial charge is 0.486 e. The molecule has 0 aliphatic rings. The third-order valence-electron chi connectivity index (χ3n) is 3.09. The first kappa shape index (κ1) is 15.2. The molecule has 114 valence electrons. The molecule has 2 aromatic heterocycles. The minimum Gasteiger partial charge on any atom is -0.486 e. The van der Waals surface area contributed by atoms with E-state index in [0.29, 0.717) is 35.7 Å². The van der Waals surface area contributed by atoms with E-state index in [1.807, 2.05) is 13.8 Å². The third-order valence-corrected chi connectivity index (χ3v) is 3.09. The summed E-state index contributed by atoms with van der Waals surface area (Å²) in [5.41, 5.74) is 1.31. The molecule has 0 spiro atoms. The number of hydrogen-bond acceptors (Lipinski definition) is 5. The summed E-state index contributed by atoms with van der Waals surface area (Å²) in [4.78, 5) is 15.6. The monoisotopic (exact) mass is 293 g/mol. The summed E-state index contributed by atoms with van der Waals surface area (Å²) < 4.78 is 12.7. The van der Waals surface area contributed by atoms with Crippen LogP contribution in [0, 0.1) is 6.92 Å². The summed E-state index contributed by atoms with van der Waals surface area (Å²) >= 11 is 0. The summed E-state index contributed by atoms with van der Waals surface area (Å²) in [5.74, 6) is -0.781. The van der Waals surface area contributed by atoms with Crippen molar-refractivity contribution in [3.63, 3.8) is 0 Å². The highest BCUT2D eigenvalue weighted by Gasteiger charge is 2.22. The van der Waals surface area contributed by atoms with Crippen LogP contribution in [0.1, 0.15) is 29.9 Å². The van der Waals surface area contributed by atoms with Crippen molar-refractivity contribution >= 4 is 17.0 Å². The van der Waals surface area contributed by atoms with Crippen molar-refractivity contribution in [2.45, 2.75) is 26.9 Å². The fraction of sp³-hybridized carbons (Fsp3) is 0.500. The van der Waals surface area contributed by atoms with E-state index >= 15 is 0 Å². The number of carboxylic acids is 1. The van der Waals surface area contributed by atoms with Crippen LogP contribution in [0.2, 0.25) is 0 Å². The zero-order valence-electron chi connectivity index (χ0n) is 12.6. The van der Waals surface area contributed by atoms with Crippen LogP contribution in [-0.4, -0.2) is 45.2 Å². The molecule has 1 atom stereocenters. The second kappa shape index (κ2) is 6.09. The van der Waals surface area contributed by atoms with E-state index in [9.17, 15) is 9.90 Å². The lowest BCUT2D eigenvalue weighted by Gasteiger charge is -2.17. The fourth-order valence-corrected chi connectivity index (χ4v) is 2.17. The highest BCUT2D eigenvalue weighted by atomic mass is 16.5. The molecule has 0 radical (unpaired) electrons. The van der Waals surface area contributed by atoms with Crippen LogP contribution >= 0.6 is 0 Å². The Balaban J connectivity index is 2.51. The fourth-order valence-electron chi connectivity index (χ4n) is 2.17. The molecule has 1 unspecified atom stereocenters. The zero-order valence-corrected chi connectivity index (χ0v) is 12.6. The van der Waals surface area contributed by atoms with Crippen LogP contribution < -0.4 is 4.74 Å². The number of pyridine rings is 1. The van der Waals surface area contributed by atoms with Crippen molar-refractivity contribution < 1.29 is 19.4 Å². The van der Waals surface area contributed by atoms with Crippen molar-refractivity contribution in [1.82, 2.24) is 14.8 Å². The van der Waals surface area contributed by atoms with Crippen LogP contribution in [0.5, 0.6) is 5.75 Å². The molecule has 2 rings (SSSR count). The summed E-state index contributed by atoms with van der Waals surface area (Å²) in [5, 5.41) is 14.2. The number of hydrogen-bond donors (Lipinski definition) is 1. The van der Waals surface area contributed by atoms with Crippen molar-refractivity contribution in [2.75, 3.05) is 13.2 Å². The van der Waals surface area contributed by atoms with E-state index in [1.54, 1.807) is 18.7 Å². The second-order valence-corrected chi connectivity index (χ2v) is 4.80. The molecular formula is C14H19N3O4. The molecule has 0 saturated carbocycles. The Labute approximate surface area is 122 Å². The van der Waals surface area contributed by atoms with Crippen molar-refractivity contribution in [3.05, 3.63) is 17.5 Å². The van der Waals surface area contributed by atoms with Gasteiger partial charge in [0.25, 0.3) is 0 Å². The van der Waals surface area contributed by atoms with Gasteiger partial charge in [-0.2, -0.15) is 5.10 Å². The number of nitrogens with zero attached hydrogens (tertiary/aromatic N) is 3. The smallest absolute Gasteiger partial charge is 0.341 e. The normalized spacial score (nSPS) is 12.6. The summed E-state index contributed by atoms with van der Waals surface area (Å²) in [6.45, 7) is 6.50. The predicted molar refractivity (Wildman–Crippen MR) is 76.8 cm³/mol. The number of aromatic carboxylic acids is 1. The topological polar surface area (TPSA) is 86.5 Å². The standard InChI is InChI=1S/C14H19N3O4/c1-5-20-7-8(2)21-12-10(14(18)19)6-15-13-11(12)9(3)16-17(13)4/h6,8H,5,7H2,1-4H3,(H,18,19). The molecule has 2 heterocycles. The van der Waals surface area contributed by atoms with Crippen LogP contribution in [0.3, 0.4) is 0 Å². The molecule has 0 aliphatic carbocycles. The predicted octanol–water partition coefficient (Wildman–Crippen LogP) is 1.78. The van der Waals surface area contributed by atoms with E-state index in [1.165, 1.54) is 6.20 Å². The summed E-state index contributed by atoms with van der Waals surface area (Å²) in [7, 11) is 1.76. The van der Waals surface area contributed by atoms with Crippen LogP contribution in [0.15, 0.2) is 6.20 Å². The van der Waals surface area contributed by atoms with Crippen LogP contribution in [0.25, 0.3) is 11.0 Å². The first-order chi connectivity index (χ1) is 9.95. The van der Waals surface area contributed by atoms with Gasteiger partial charge in [-0.3, -0.25) is 4.68 Å². The lowest BCUT2D eigenvalue weighted by molar-refractivity contribution is 0.0612. The van der Waals surface area contributed by atoms with Gasteiger partial charge < -0.3 is 14.6 Å². The Morgan fingerprint density at radius 1 is 1.52 bits per heavy atom. The average molecular weight is 293 g/mol. The van der Waals surface area contributed by atoms with Crippen molar-refractivity contribution in [2.24, 2.45) is 7.05 Å². The lowest BCUT2D eigenvalue weighted by atomic mass is 10.1. The van der Waals surface area contributed by atoms with E-state index in [0.717, 1.165) is 0 Å². The quantitative estimate of drug-likeness (QED) is 0.873. The molecule has 0 aliphatic heterocycles. The van der Waals surface area contributed by atoms with Gasteiger partial charge in [0.2, 0.25) is 0 Å². The first-order valence-electron chi connectivity index (χ1n) is 6.75. The maximum atomic E-state index is 11.4. The SMILES string of the molecule is CCOCC(C)Oc1c(C(=O)O)cnc2c1c(C)nn2C. The summed E-state index contributed by atoms with van der Waals surface area (Å²) in [6, 6.07) is 0. The number of fused-ring (bicyclic) bond motifs is 1. The number of aryl methyl sites for hydroxylation is 2. The van der Waals surface area contributed by atoms with E-state index in [4.69, 9.17) is 9.47 Å². The molecule has 1 N–H and O–H groups in total. The van der Waals surface area contributed by atoms with Gasteiger partial charge in [0.15, 0.2) is 5.65 Å². The van der Waals surface area contributed by atoms with Gasteiger partial charge in [-0.15, -0.1) is 0 Å². The molecule has 2 aromatic rings. The van der Waals surface area contributed by atoms with Gasteiger partial charge >= 0.3 is 5.97 Å². The maximum absolute atomic E-state index is 11.4. The Hall–Kier alpha value is -2.15. The van der Waals surface area contributed by atoms with E-state index in [-0.39, 0.29) is 11.7 Å². The van der Waals surface area contributed by atoms with Crippen LogP contribution in [-0.2, 0) is 11.8 Å². The Bertz CT molecular complexity index is 666. The van der Waals surface area contributed by atoms with Gasteiger partial charge in [-0.25, -0.2) is 9.78 Å². The van der Waals surface area contributed by atoms with Gasteiger partial charge in [0.05, 0.1) is 17.7 Å². The number of rotatable bonds is 6. The Morgan fingerprint density at radius 3 is 2.86 bits per heavy atom. The highest BCUT2D eigenvalue weighted by Crippen LogP contribution is 2.31. The second-order valence-electron chi connectivity index (χ2n) is 4.80. The molecule has 0 amide bonds. The van der Waals surface area contributed by atoms with Gasteiger partial charge in [-0.05, 0) is 20.8 Å². The van der Waals surface area contributed by atoms with Crippen molar-refractivity contribution in [3.8, 4) is 5.75 Å². The molecule has 0 fully saturated rings. The molecule has 21 heavy (non-hydrogen) atoms. The first-order valence-corrected chi connectivity index (χ1v) is 6.75. The van der Waals surface area contributed by atoms with E-state index in [2.05, 4.69) is 10.1 Å². The number of carbonyl (C=O) groups is 1. The number of ether oxygens (including phenoxy) is 2. The lowest BCUT2D eigenvalue weighted by Crippen LogP contribution is -2.20. The van der Waals surface area contributed by atoms with E-state index < -0.39 is 5.97 Å². The minimum absolute atomic E-state index is 0.0296. The zero-order chi connectivity index (χ0) is 15.6. The number of carboxylic acid groups (broad SMARTS) is 1. The van der Waals surface area contributed by atoms with Gasteiger partial charge in [0, 0.05) is 19.9 Å².